The fraction of sp³-hybridized carbons (Fsp3) is 0.250. The van der Waals surface area contributed by atoms with Crippen LogP contribution in [0.5, 0.6) is 5.75 Å². The first-order chi connectivity index (χ1) is 11.0. The number of hydrogen-bond donors (Lipinski definition) is 1. The van der Waals surface area contributed by atoms with E-state index in [1.807, 2.05) is 36.4 Å². The minimum absolute atomic E-state index is 0.214. The molecule has 118 valence electrons. The molecule has 0 unspecified atom stereocenters. The lowest BCUT2D eigenvalue weighted by molar-refractivity contribution is -0.122. The van der Waals surface area contributed by atoms with Crippen molar-refractivity contribution in [1.82, 2.24) is 0 Å². The highest BCUT2D eigenvalue weighted by Crippen LogP contribution is 2.21. The van der Waals surface area contributed by atoms with Gasteiger partial charge in [-0.1, -0.05) is 38.0 Å². The standard InChI is InChI=1S/C20H21NO2/c1-5-16-8-6-10-18(12-16)21-20(22)15(4)23-19-11-7-9-17(13-19)14(2)3/h1,6-15H,2-4H3,(H,21,22)/t15-/m1/s1. The van der Waals surface area contributed by atoms with Crippen molar-refractivity contribution in [2.45, 2.75) is 32.8 Å². The number of benzene rings is 2. The highest BCUT2D eigenvalue weighted by atomic mass is 16.5. The molecule has 2 aromatic rings. The highest BCUT2D eigenvalue weighted by molar-refractivity contribution is 5.94. The van der Waals surface area contributed by atoms with Crippen LogP contribution in [0.2, 0.25) is 0 Å². The number of anilines is 1. The third kappa shape index (κ3) is 4.62. The zero-order valence-corrected chi connectivity index (χ0v) is 13.7. The van der Waals surface area contributed by atoms with Gasteiger partial charge in [-0.2, -0.15) is 0 Å². The predicted molar refractivity (Wildman–Crippen MR) is 93.6 cm³/mol. The van der Waals surface area contributed by atoms with Crippen molar-refractivity contribution in [1.29, 1.82) is 0 Å². The van der Waals surface area contributed by atoms with Crippen molar-refractivity contribution in [2.75, 3.05) is 5.32 Å². The van der Waals surface area contributed by atoms with E-state index in [-0.39, 0.29) is 5.91 Å². The number of rotatable bonds is 5. The molecule has 1 atom stereocenters. The van der Waals surface area contributed by atoms with Crippen LogP contribution in [0.3, 0.4) is 0 Å². The molecule has 0 aliphatic carbocycles. The number of ether oxygens (including phenoxy) is 1. The molecule has 0 bridgehead atoms. The van der Waals surface area contributed by atoms with Gasteiger partial charge in [-0.05, 0) is 48.7 Å². The zero-order valence-electron chi connectivity index (χ0n) is 13.7. The molecule has 0 heterocycles. The molecule has 2 rings (SSSR count). The molecular weight excluding hydrogens is 286 g/mol. The molecule has 1 N–H and O–H groups in total. The van der Waals surface area contributed by atoms with Gasteiger partial charge in [0.05, 0.1) is 0 Å². The molecule has 23 heavy (non-hydrogen) atoms. The summed E-state index contributed by atoms with van der Waals surface area (Å²) in [6.45, 7) is 5.96. The molecular formula is C20H21NO2. The van der Waals surface area contributed by atoms with E-state index < -0.39 is 6.10 Å². The number of hydrogen-bond acceptors (Lipinski definition) is 2. The minimum Gasteiger partial charge on any atom is -0.481 e. The topological polar surface area (TPSA) is 38.3 Å². The van der Waals surface area contributed by atoms with Gasteiger partial charge in [0.25, 0.3) is 5.91 Å². The fourth-order valence-electron chi connectivity index (χ4n) is 2.14. The van der Waals surface area contributed by atoms with Crippen LogP contribution < -0.4 is 10.1 Å². The van der Waals surface area contributed by atoms with Gasteiger partial charge in [-0.3, -0.25) is 4.79 Å². The quantitative estimate of drug-likeness (QED) is 0.841. The lowest BCUT2D eigenvalue weighted by Crippen LogP contribution is -2.30. The lowest BCUT2D eigenvalue weighted by atomic mass is 10.0. The molecule has 0 radical (unpaired) electrons. The largest absolute Gasteiger partial charge is 0.481 e. The van der Waals surface area contributed by atoms with Gasteiger partial charge in [0, 0.05) is 11.3 Å². The molecule has 3 nitrogen and oxygen atoms in total. The summed E-state index contributed by atoms with van der Waals surface area (Å²) in [5.74, 6) is 3.43. The Morgan fingerprint density at radius 1 is 1.13 bits per heavy atom. The highest BCUT2D eigenvalue weighted by Gasteiger charge is 2.15. The summed E-state index contributed by atoms with van der Waals surface area (Å²) in [7, 11) is 0. The molecule has 0 fully saturated rings. The van der Waals surface area contributed by atoms with Crippen LogP contribution in [0.25, 0.3) is 0 Å². The Morgan fingerprint density at radius 3 is 2.57 bits per heavy atom. The van der Waals surface area contributed by atoms with E-state index in [4.69, 9.17) is 11.2 Å². The summed E-state index contributed by atoms with van der Waals surface area (Å²) in [6, 6.07) is 15.0. The average molecular weight is 307 g/mol. The summed E-state index contributed by atoms with van der Waals surface area (Å²) in [5, 5.41) is 2.81. The zero-order chi connectivity index (χ0) is 16.8. The molecule has 0 spiro atoms. The van der Waals surface area contributed by atoms with Gasteiger partial charge in [-0.25, -0.2) is 0 Å². The van der Waals surface area contributed by atoms with E-state index in [2.05, 4.69) is 25.1 Å². The van der Waals surface area contributed by atoms with Crippen LogP contribution in [0, 0.1) is 12.3 Å². The van der Waals surface area contributed by atoms with E-state index in [1.165, 1.54) is 5.56 Å². The molecule has 0 aliphatic heterocycles. The van der Waals surface area contributed by atoms with Crippen LogP contribution in [0.1, 0.15) is 37.8 Å². The monoisotopic (exact) mass is 307 g/mol. The normalized spacial score (nSPS) is 11.6. The van der Waals surface area contributed by atoms with Gasteiger partial charge >= 0.3 is 0 Å². The maximum Gasteiger partial charge on any atom is 0.265 e. The maximum atomic E-state index is 12.2. The fourth-order valence-corrected chi connectivity index (χ4v) is 2.14. The third-order valence-electron chi connectivity index (χ3n) is 3.50. The number of terminal acetylenes is 1. The molecule has 2 aromatic carbocycles. The molecule has 3 heteroatoms. The first-order valence-corrected chi connectivity index (χ1v) is 7.63. The van der Waals surface area contributed by atoms with Crippen molar-refractivity contribution in [3.05, 3.63) is 59.7 Å². The van der Waals surface area contributed by atoms with E-state index in [0.29, 0.717) is 17.4 Å². The predicted octanol–water partition coefficient (Wildman–Crippen LogP) is 4.20. The maximum absolute atomic E-state index is 12.2. The van der Waals surface area contributed by atoms with Crippen molar-refractivity contribution >= 4 is 11.6 Å². The second-order valence-electron chi connectivity index (χ2n) is 5.70. The van der Waals surface area contributed by atoms with E-state index in [9.17, 15) is 4.79 Å². The minimum atomic E-state index is -0.605. The Labute approximate surface area is 137 Å². The van der Waals surface area contributed by atoms with Crippen LogP contribution in [0.4, 0.5) is 5.69 Å². The van der Waals surface area contributed by atoms with Crippen LogP contribution in [0.15, 0.2) is 48.5 Å². The Balaban J connectivity index is 2.02. The van der Waals surface area contributed by atoms with Gasteiger partial charge in [0.1, 0.15) is 5.75 Å². The Morgan fingerprint density at radius 2 is 1.87 bits per heavy atom. The Kier molecular flexibility index (Phi) is 5.43. The summed E-state index contributed by atoms with van der Waals surface area (Å²) in [5.41, 5.74) is 2.56. The van der Waals surface area contributed by atoms with Crippen molar-refractivity contribution < 1.29 is 9.53 Å². The summed E-state index contributed by atoms with van der Waals surface area (Å²) in [6.07, 6.45) is 4.76. The van der Waals surface area contributed by atoms with Crippen LogP contribution in [-0.2, 0) is 4.79 Å². The molecule has 0 saturated heterocycles. The van der Waals surface area contributed by atoms with Crippen LogP contribution in [-0.4, -0.2) is 12.0 Å². The Bertz CT molecular complexity index is 728. The van der Waals surface area contributed by atoms with Crippen molar-refractivity contribution in [3.8, 4) is 18.1 Å². The number of amides is 1. The number of nitrogens with one attached hydrogen (secondary N) is 1. The molecule has 0 saturated carbocycles. The molecule has 1 amide bonds. The third-order valence-corrected chi connectivity index (χ3v) is 3.50. The van der Waals surface area contributed by atoms with Crippen molar-refractivity contribution in [3.63, 3.8) is 0 Å². The summed E-state index contributed by atoms with van der Waals surface area (Å²) < 4.78 is 5.74. The Hall–Kier alpha value is -2.73. The smallest absolute Gasteiger partial charge is 0.265 e. The molecule has 0 aromatic heterocycles. The first-order valence-electron chi connectivity index (χ1n) is 7.63. The summed E-state index contributed by atoms with van der Waals surface area (Å²) in [4.78, 5) is 12.2. The van der Waals surface area contributed by atoms with E-state index in [1.54, 1.807) is 19.1 Å². The van der Waals surface area contributed by atoms with Gasteiger partial charge in [0.2, 0.25) is 0 Å². The summed E-state index contributed by atoms with van der Waals surface area (Å²) >= 11 is 0. The van der Waals surface area contributed by atoms with Gasteiger partial charge in [-0.15, -0.1) is 6.42 Å². The van der Waals surface area contributed by atoms with Crippen LogP contribution >= 0.6 is 0 Å². The average Bonchev–Trinajstić information content (AvgIpc) is 2.55. The van der Waals surface area contributed by atoms with Crippen molar-refractivity contribution in [2.24, 2.45) is 0 Å². The second kappa shape index (κ2) is 7.51. The van der Waals surface area contributed by atoms with Gasteiger partial charge < -0.3 is 10.1 Å². The number of carbonyl (C=O) groups excluding carboxylic acids is 1. The SMILES string of the molecule is C#Cc1cccc(NC(=O)[C@@H](C)Oc2cccc(C(C)C)c2)c1. The van der Waals surface area contributed by atoms with E-state index in [0.717, 1.165) is 5.56 Å². The second-order valence-corrected chi connectivity index (χ2v) is 5.70. The lowest BCUT2D eigenvalue weighted by Gasteiger charge is -2.16. The van der Waals surface area contributed by atoms with Gasteiger partial charge in [0.15, 0.2) is 6.10 Å². The van der Waals surface area contributed by atoms with E-state index >= 15 is 0 Å². The number of carbonyl (C=O) groups is 1. The first kappa shape index (κ1) is 16.6. The molecule has 0 aliphatic rings.